The lowest BCUT2D eigenvalue weighted by molar-refractivity contribution is -0.116. The van der Waals surface area contributed by atoms with Crippen LogP contribution in [0, 0.1) is 0 Å². The number of aryl methyl sites for hydroxylation is 1. The highest BCUT2D eigenvalue weighted by atomic mass is 16.2. The van der Waals surface area contributed by atoms with E-state index in [4.69, 9.17) is 5.11 Å². The summed E-state index contributed by atoms with van der Waals surface area (Å²) in [6.45, 7) is 0.302. The van der Waals surface area contributed by atoms with Gasteiger partial charge in [0.15, 0.2) is 5.65 Å². The van der Waals surface area contributed by atoms with Crippen molar-refractivity contribution in [2.75, 3.05) is 11.9 Å². The number of carbonyl (C=O) groups is 1. The number of aliphatic hydroxyl groups is 1. The summed E-state index contributed by atoms with van der Waals surface area (Å²) in [6.07, 6.45) is 8.46. The monoisotopic (exact) mass is 376 g/mol. The third-order valence-electron chi connectivity index (χ3n) is 4.41. The molecule has 0 radical (unpaired) electrons. The van der Waals surface area contributed by atoms with Crippen molar-refractivity contribution < 1.29 is 9.90 Å². The van der Waals surface area contributed by atoms with E-state index >= 15 is 0 Å². The van der Waals surface area contributed by atoms with Gasteiger partial charge in [-0.05, 0) is 48.2 Å². The Hall–Kier alpha value is -3.52. The van der Waals surface area contributed by atoms with Crippen LogP contribution in [0.5, 0.6) is 0 Å². The van der Waals surface area contributed by atoms with Gasteiger partial charge in [-0.25, -0.2) is 9.50 Å². The number of amides is 1. The van der Waals surface area contributed by atoms with Crippen LogP contribution in [0.4, 0.5) is 5.69 Å². The van der Waals surface area contributed by atoms with Crippen LogP contribution < -0.4 is 5.32 Å². The number of carbonyl (C=O) groups excluding carboxylic acids is 1. The highest BCUT2D eigenvalue weighted by Gasteiger charge is 2.08. The van der Waals surface area contributed by atoms with Crippen molar-refractivity contribution in [2.45, 2.75) is 19.4 Å². The van der Waals surface area contributed by atoms with Crippen LogP contribution in [-0.2, 0) is 17.8 Å². The number of rotatable bonds is 7. The molecule has 3 aromatic heterocycles. The van der Waals surface area contributed by atoms with Gasteiger partial charge >= 0.3 is 0 Å². The van der Waals surface area contributed by atoms with Gasteiger partial charge in [-0.15, -0.1) is 0 Å². The summed E-state index contributed by atoms with van der Waals surface area (Å²) in [7, 11) is 0. The minimum absolute atomic E-state index is 0.124. The summed E-state index contributed by atoms with van der Waals surface area (Å²) in [5, 5.41) is 20.1. The van der Waals surface area contributed by atoms with E-state index in [1.165, 1.54) is 6.33 Å². The molecule has 0 spiro atoms. The van der Waals surface area contributed by atoms with E-state index in [0.29, 0.717) is 0 Å². The molecule has 1 amide bonds. The molecule has 0 aliphatic heterocycles. The summed E-state index contributed by atoms with van der Waals surface area (Å²) in [6, 6.07) is 11.5. The van der Waals surface area contributed by atoms with Gasteiger partial charge in [-0.3, -0.25) is 9.48 Å². The first-order valence-electron chi connectivity index (χ1n) is 9.03. The lowest BCUT2D eigenvalue weighted by Crippen LogP contribution is -2.18. The molecule has 0 saturated carbocycles. The number of anilines is 1. The molecular formula is C20H20N6O2. The van der Waals surface area contributed by atoms with Gasteiger partial charge in [-0.2, -0.15) is 10.2 Å². The second kappa shape index (κ2) is 8.01. The Balaban J connectivity index is 1.38. The zero-order valence-corrected chi connectivity index (χ0v) is 15.2. The summed E-state index contributed by atoms with van der Waals surface area (Å²) < 4.78 is 3.30. The van der Waals surface area contributed by atoms with Crippen LogP contribution in [-0.4, -0.2) is 42.0 Å². The summed E-state index contributed by atoms with van der Waals surface area (Å²) in [5.41, 5.74) is 4.50. The molecule has 1 aromatic carbocycles. The van der Waals surface area contributed by atoms with E-state index in [-0.39, 0.29) is 19.1 Å². The number of nitrogens with one attached hydrogen (secondary N) is 1. The Kier molecular flexibility index (Phi) is 5.11. The smallest absolute Gasteiger partial charge is 0.246 e. The maximum Gasteiger partial charge on any atom is 0.246 e. The number of benzene rings is 1. The highest BCUT2D eigenvalue weighted by Crippen LogP contribution is 2.19. The van der Waals surface area contributed by atoms with Gasteiger partial charge in [-0.1, -0.05) is 12.1 Å². The first-order chi connectivity index (χ1) is 13.7. The van der Waals surface area contributed by atoms with Crippen LogP contribution in [0.2, 0.25) is 0 Å². The first-order valence-corrected chi connectivity index (χ1v) is 9.03. The van der Waals surface area contributed by atoms with Crippen LogP contribution in [0.3, 0.4) is 0 Å². The zero-order valence-electron chi connectivity index (χ0n) is 15.2. The Morgan fingerprint density at radius 1 is 1.11 bits per heavy atom. The molecule has 0 aliphatic carbocycles. The fourth-order valence-electron chi connectivity index (χ4n) is 2.98. The van der Waals surface area contributed by atoms with E-state index in [0.717, 1.165) is 40.9 Å². The number of hydrogen-bond acceptors (Lipinski definition) is 5. The van der Waals surface area contributed by atoms with E-state index in [9.17, 15) is 4.79 Å². The second-order valence-electron chi connectivity index (χ2n) is 6.48. The molecule has 8 nitrogen and oxygen atoms in total. The minimum Gasteiger partial charge on any atom is -0.396 e. The lowest BCUT2D eigenvalue weighted by atomic mass is 10.1. The van der Waals surface area contributed by atoms with Crippen molar-refractivity contribution in [3.63, 3.8) is 0 Å². The topological polar surface area (TPSA) is 97.3 Å². The number of hydrogen-bond donors (Lipinski definition) is 2. The lowest BCUT2D eigenvalue weighted by Gasteiger charge is -2.06. The fraction of sp³-hybridized carbons (Fsp3) is 0.200. The van der Waals surface area contributed by atoms with E-state index < -0.39 is 0 Å². The maximum absolute atomic E-state index is 12.3. The van der Waals surface area contributed by atoms with Gasteiger partial charge in [0.2, 0.25) is 5.91 Å². The molecule has 4 rings (SSSR count). The van der Waals surface area contributed by atoms with Gasteiger partial charge < -0.3 is 10.4 Å². The Bertz CT molecular complexity index is 1080. The fourth-order valence-corrected chi connectivity index (χ4v) is 2.98. The molecule has 0 aliphatic rings. The number of pyridine rings is 1. The predicted molar refractivity (Wildman–Crippen MR) is 105 cm³/mol. The van der Waals surface area contributed by atoms with Crippen molar-refractivity contribution in [1.82, 2.24) is 24.4 Å². The quantitative estimate of drug-likeness (QED) is 0.515. The van der Waals surface area contributed by atoms with Crippen molar-refractivity contribution in [3.05, 3.63) is 66.9 Å². The van der Waals surface area contributed by atoms with Crippen molar-refractivity contribution in [1.29, 1.82) is 0 Å². The summed E-state index contributed by atoms with van der Waals surface area (Å²) in [4.78, 5) is 16.5. The first kappa shape index (κ1) is 17.9. The third kappa shape index (κ3) is 4.07. The second-order valence-corrected chi connectivity index (χ2v) is 6.48. The molecule has 0 saturated heterocycles. The molecule has 0 atom stereocenters. The van der Waals surface area contributed by atoms with Crippen LogP contribution >= 0.6 is 0 Å². The SMILES string of the molecule is O=C(Cn1cc(-c2ccn3ncnc3c2)cn1)Nc1ccc(CCCO)cc1. The predicted octanol–water partition coefficient (Wildman–Crippen LogP) is 2.16. The van der Waals surface area contributed by atoms with Gasteiger partial charge in [0, 0.05) is 30.3 Å². The van der Waals surface area contributed by atoms with E-state index in [1.807, 2.05) is 48.8 Å². The molecule has 28 heavy (non-hydrogen) atoms. The standard InChI is InChI=1S/C20H20N6O2/c27-9-1-2-15-3-5-18(6-4-15)24-20(28)13-25-12-17(11-22-25)16-7-8-26-19(10-16)21-14-23-26/h3-8,10-12,14,27H,1-2,9,13H2,(H,24,28). The summed E-state index contributed by atoms with van der Waals surface area (Å²) in [5.74, 6) is -0.148. The van der Waals surface area contributed by atoms with Crippen LogP contribution in [0.1, 0.15) is 12.0 Å². The van der Waals surface area contributed by atoms with Crippen molar-refractivity contribution in [2.24, 2.45) is 0 Å². The minimum atomic E-state index is -0.148. The average Bonchev–Trinajstić information content (AvgIpc) is 3.36. The van der Waals surface area contributed by atoms with Crippen LogP contribution in [0.25, 0.3) is 16.8 Å². The zero-order chi connectivity index (χ0) is 19.3. The van der Waals surface area contributed by atoms with E-state index in [2.05, 4.69) is 20.5 Å². The number of nitrogens with zero attached hydrogens (tertiary/aromatic N) is 5. The van der Waals surface area contributed by atoms with Gasteiger partial charge in [0.1, 0.15) is 12.9 Å². The Morgan fingerprint density at radius 3 is 2.79 bits per heavy atom. The number of aliphatic hydroxyl groups excluding tert-OH is 1. The molecule has 8 heteroatoms. The van der Waals surface area contributed by atoms with Crippen LogP contribution in [0.15, 0.2) is 61.3 Å². The maximum atomic E-state index is 12.3. The Morgan fingerprint density at radius 2 is 1.96 bits per heavy atom. The molecular weight excluding hydrogens is 356 g/mol. The number of aromatic nitrogens is 5. The molecule has 0 bridgehead atoms. The average molecular weight is 376 g/mol. The normalized spacial score (nSPS) is 11.0. The molecule has 4 aromatic rings. The molecule has 3 heterocycles. The highest BCUT2D eigenvalue weighted by molar-refractivity contribution is 5.90. The summed E-state index contributed by atoms with van der Waals surface area (Å²) >= 11 is 0. The van der Waals surface area contributed by atoms with Gasteiger partial charge in [0.05, 0.1) is 6.20 Å². The molecule has 0 fully saturated rings. The van der Waals surface area contributed by atoms with Gasteiger partial charge in [0.25, 0.3) is 0 Å². The largest absolute Gasteiger partial charge is 0.396 e. The van der Waals surface area contributed by atoms with Crippen molar-refractivity contribution in [3.8, 4) is 11.1 Å². The molecule has 0 unspecified atom stereocenters. The Labute approximate surface area is 161 Å². The molecule has 2 N–H and O–H groups in total. The van der Waals surface area contributed by atoms with Crippen molar-refractivity contribution >= 4 is 17.2 Å². The number of fused-ring (bicyclic) bond motifs is 1. The third-order valence-corrected chi connectivity index (χ3v) is 4.41. The molecule has 142 valence electrons. The van der Waals surface area contributed by atoms with E-state index in [1.54, 1.807) is 15.4 Å².